The summed E-state index contributed by atoms with van der Waals surface area (Å²) in [5.41, 5.74) is 0. The monoisotopic (exact) mass is 213 g/mol. The normalized spacial score (nSPS) is 20.6. The lowest BCUT2D eigenvalue weighted by Crippen LogP contribution is -2.36. The summed E-state index contributed by atoms with van der Waals surface area (Å²) in [6.07, 6.45) is 5.66. The van der Waals surface area contributed by atoms with Gasteiger partial charge in [0.2, 0.25) is 0 Å². The van der Waals surface area contributed by atoms with Crippen LogP contribution in [-0.4, -0.2) is 23.8 Å². The van der Waals surface area contributed by atoms with Crippen molar-refractivity contribution < 1.29 is 5.11 Å². The molecule has 2 N–H and O–H groups in total. The molecule has 2 nitrogen and oxygen atoms in total. The molecule has 0 aliphatic heterocycles. The molecule has 90 valence electrons. The Morgan fingerprint density at radius 2 is 2.00 bits per heavy atom. The van der Waals surface area contributed by atoms with E-state index in [9.17, 15) is 5.11 Å². The van der Waals surface area contributed by atoms with E-state index in [1.165, 1.54) is 12.8 Å². The fourth-order valence-corrected chi connectivity index (χ4v) is 2.21. The van der Waals surface area contributed by atoms with Gasteiger partial charge in [-0.1, -0.05) is 20.8 Å². The van der Waals surface area contributed by atoms with Crippen LogP contribution in [0.3, 0.4) is 0 Å². The fourth-order valence-electron chi connectivity index (χ4n) is 2.21. The van der Waals surface area contributed by atoms with E-state index in [0.717, 1.165) is 37.6 Å². The molecule has 15 heavy (non-hydrogen) atoms. The van der Waals surface area contributed by atoms with Crippen molar-refractivity contribution in [3.63, 3.8) is 0 Å². The molecule has 0 spiro atoms. The summed E-state index contributed by atoms with van der Waals surface area (Å²) in [6.45, 7) is 7.71. The molecule has 0 aromatic rings. The quantitative estimate of drug-likeness (QED) is 0.607. The molecule has 0 saturated heterocycles. The summed E-state index contributed by atoms with van der Waals surface area (Å²) in [5, 5.41) is 13.1. The first kappa shape index (κ1) is 13.0. The van der Waals surface area contributed by atoms with Gasteiger partial charge in [-0.05, 0) is 50.5 Å². The van der Waals surface area contributed by atoms with Crippen molar-refractivity contribution >= 4 is 0 Å². The van der Waals surface area contributed by atoms with E-state index in [4.69, 9.17) is 0 Å². The Morgan fingerprint density at radius 1 is 1.33 bits per heavy atom. The summed E-state index contributed by atoms with van der Waals surface area (Å²) in [5.74, 6) is 1.68. The third-order valence-corrected chi connectivity index (χ3v) is 3.41. The molecule has 2 unspecified atom stereocenters. The van der Waals surface area contributed by atoms with Gasteiger partial charge in [0.05, 0.1) is 6.10 Å². The molecule has 2 heteroatoms. The van der Waals surface area contributed by atoms with Crippen LogP contribution in [0, 0.1) is 11.8 Å². The van der Waals surface area contributed by atoms with E-state index in [2.05, 4.69) is 19.2 Å². The Labute approximate surface area is 94.5 Å². The number of aliphatic hydroxyl groups excluding tert-OH is 1. The highest BCUT2D eigenvalue weighted by molar-refractivity contribution is 4.88. The lowest BCUT2D eigenvalue weighted by Gasteiger charge is -2.22. The van der Waals surface area contributed by atoms with Crippen molar-refractivity contribution in [2.24, 2.45) is 11.8 Å². The van der Waals surface area contributed by atoms with E-state index in [1.54, 1.807) is 0 Å². The second-order valence-electron chi connectivity index (χ2n) is 5.27. The SMILES string of the molecule is CCC(O)CCCNC(C(C)C)C1CC1. The first-order valence-corrected chi connectivity index (χ1v) is 6.56. The smallest absolute Gasteiger partial charge is 0.0538 e. The second-order valence-corrected chi connectivity index (χ2v) is 5.27. The number of rotatable bonds is 8. The van der Waals surface area contributed by atoms with Crippen LogP contribution in [-0.2, 0) is 0 Å². The zero-order chi connectivity index (χ0) is 11.3. The molecule has 0 aromatic heterocycles. The molecule has 1 aliphatic carbocycles. The molecule has 0 bridgehead atoms. The number of aliphatic hydroxyl groups is 1. The van der Waals surface area contributed by atoms with Crippen LogP contribution in [0.25, 0.3) is 0 Å². The van der Waals surface area contributed by atoms with E-state index < -0.39 is 0 Å². The van der Waals surface area contributed by atoms with Gasteiger partial charge in [0.15, 0.2) is 0 Å². The Morgan fingerprint density at radius 3 is 2.47 bits per heavy atom. The van der Waals surface area contributed by atoms with Gasteiger partial charge in [-0.2, -0.15) is 0 Å². The maximum absolute atomic E-state index is 9.43. The molecule has 1 aliphatic rings. The van der Waals surface area contributed by atoms with E-state index >= 15 is 0 Å². The Kier molecular flexibility index (Phi) is 5.62. The van der Waals surface area contributed by atoms with Crippen molar-refractivity contribution in [2.45, 2.75) is 65.0 Å². The average molecular weight is 213 g/mol. The van der Waals surface area contributed by atoms with Crippen LogP contribution in [0.1, 0.15) is 52.9 Å². The fraction of sp³-hybridized carbons (Fsp3) is 1.00. The highest BCUT2D eigenvalue weighted by Crippen LogP contribution is 2.35. The summed E-state index contributed by atoms with van der Waals surface area (Å²) in [6, 6.07) is 0.712. The minimum atomic E-state index is -0.0924. The Hall–Kier alpha value is -0.0800. The molecule has 0 heterocycles. The number of hydrogen-bond donors (Lipinski definition) is 2. The second kappa shape index (κ2) is 6.49. The highest BCUT2D eigenvalue weighted by atomic mass is 16.3. The summed E-state index contributed by atoms with van der Waals surface area (Å²) >= 11 is 0. The van der Waals surface area contributed by atoms with E-state index in [0.29, 0.717) is 6.04 Å². The third-order valence-electron chi connectivity index (χ3n) is 3.41. The number of nitrogens with one attached hydrogen (secondary N) is 1. The maximum Gasteiger partial charge on any atom is 0.0538 e. The summed E-state index contributed by atoms with van der Waals surface area (Å²) in [7, 11) is 0. The molecular weight excluding hydrogens is 186 g/mol. The maximum atomic E-state index is 9.43. The van der Waals surface area contributed by atoms with Crippen molar-refractivity contribution in [3.8, 4) is 0 Å². The first-order chi connectivity index (χ1) is 7.15. The Bertz CT molecular complexity index is 164. The molecule has 0 radical (unpaired) electrons. The zero-order valence-electron chi connectivity index (χ0n) is 10.5. The lowest BCUT2D eigenvalue weighted by atomic mass is 9.99. The van der Waals surface area contributed by atoms with Crippen LogP contribution < -0.4 is 5.32 Å². The first-order valence-electron chi connectivity index (χ1n) is 6.56. The predicted molar refractivity (Wildman–Crippen MR) is 64.9 cm³/mol. The molecule has 0 amide bonds. The topological polar surface area (TPSA) is 32.3 Å². The minimum absolute atomic E-state index is 0.0924. The van der Waals surface area contributed by atoms with Gasteiger partial charge in [-0.3, -0.25) is 0 Å². The summed E-state index contributed by atoms with van der Waals surface area (Å²) in [4.78, 5) is 0. The zero-order valence-corrected chi connectivity index (χ0v) is 10.5. The highest BCUT2D eigenvalue weighted by Gasteiger charge is 2.32. The predicted octanol–water partition coefficient (Wildman–Crippen LogP) is 2.56. The molecule has 1 saturated carbocycles. The standard InChI is InChI=1S/C13H27NO/c1-4-12(15)6-5-9-14-13(10(2)3)11-7-8-11/h10-15H,4-9H2,1-3H3. The lowest BCUT2D eigenvalue weighted by molar-refractivity contribution is 0.156. The van der Waals surface area contributed by atoms with Crippen LogP contribution in [0.2, 0.25) is 0 Å². The van der Waals surface area contributed by atoms with Crippen molar-refractivity contribution in [3.05, 3.63) is 0 Å². The van der Waals surface area contributed by atoms with Crippen molar-refractivity contribution in [1.82, 2.24) is 5.32 Å². The van der Waals surface area contributed by atoms with Crippen LogP contribution in [0.5, 0.6) is 0 Å². The van der Waals surface area contributed by atoms with Crippen molar-refractivity contribution in [2.75, 3.05) is 6.54 Å². The molecule has 0 aromatic carbocycles. The minimum Gasteiger partial charge on any atom is -0.393 e. The Balaban J connectivity index is 2.06. The van der Waals surface area contributed by atoms with Gasteiger partial charge < -0.3 is 10.4 Å². The van der Waals surface area contributed by atoms with Crippen molar-refractivity contribution in [1.29, 1.82) is 0 Å². The summed E-state index contributed by atoms with van der Waals surface area (Å²) < 4.78 is 0. The number of hydrogen-bond acceptors (Lipinski definition) is 2. The van der Waals surface area contributed by atoms with Gasteiger partial charge >= 0.3 is 0 Å². The third kappa shape index (κ3) is 4.98. The molecule has 1 rings (SSSR count). The van der Waals surface area contributed by atoms with Gasteiger partial charge in [0, 0.05) is 6.04 Å². The largest absolute Gasteiger partial charge is 0.393 e. The van der Waals surface area contributed by atoms with Gasteiger partial charge in [-0.25, -0.2) is 0 Å². The van der Waals surface area contributed by atoms with E-state index in [-0.39, 0.29) is 6.10 Å². The van der Waals surface area contributed by atoms with Gasteiger partial charge in [0.25, 0.3) is 0 Å². The van der Waals surface area contributed by atoms with Gasteiger partial charge in [0.1, 0.15) is 0 Å². The van der Waals surface area contributed by atoms with Crippen LogP contribution >= 0.6 is 0 Å². The van der Waals surface area contributed by atoms with Gasteiger partial charge in [-0.15, -0.1) is 0 Å². The molecular formula is C13H27NO. The average Bonchev–Trinajstić information content (AvgIpc) is 3.00. The van der Waals surface area contributed by atoms with Crippen LogP contribution in [0.15, 0.2) is 0 Å². The molecule has 2 atom stereocenters. The molecule has 1 fully saturated rings. The van der Waals surface area contributed by atoms with Crippen LogP contribution in [0.4, 0.5) is 0 Å². The van der Waals surface area contributed by atoms with E-state index in [1.807, 2.05) is 6.92 Å².